The summed E-state index contributed by atoms with van der Waals surface area (Å²) < 4.78 is 68.1. The Kier molecular flexibility index (Phi) is 7.60. The summed E-state index contributed by atoms with van der Waals surface area (Å²) in [6.07, 6.45) is -4.66. The molecule has 4 aromatic rings. The summed E-state index contributed by atoms with van der Waals surface area (Å²) in [5.74, 6) is -5.09. The number of amides is 2. The maximum atomic E-state index is 14.4. The molecule has 0 unspecified atom stereocenters. The number of carbonyl (C=O) groups is 2. The average Bonchev–Trinajstić information content (AvgIpc) is 3.28. The molecule has 14 heteroatoms. The lowest BCUT2D eigenvalue weighted by atomic mass is 10.1. The number of pyridine rings is 1. The van der Waals surface area contributed by atoms with Crippen LogP contribution >= 0.6 is 22.9 Å². The zero-order valence-electron chi connectivity index (χ0n) is 18.7. The average molecular weight is 569 g/mol. The van der Waals surface area contributed by atoms with E-state index < -0.39 is 64.0 Å². The van der Waals surface area contributed by atoms with E-state index >= 15 is 0 Å². The fourth-order valence-electron chi connectivity index (χ4n) is 3.28. The van der Waals surface area contributed by atoms with Crippen LogP contribution in [0.2, 0.25) is 5.02 Å². The van der Waals surface area contributed by atoms with E-state index in [1.807, 2.05) is 0 Å². The number of aromatic nitrogens is 2. The first-order valence-electron chi connectivity index (χ1n) is 10.5. The number of carbonyl (C=O) groups excluding carboxylic acids is 2. The van der Waals surface area contributed by atoms with Crippen LogP contribution in [0.4, 0.5) is 27.0 Å². The van der Waals surface area contributed by atoms with Gasteiger partial charge >= 0.3 is 6.18 Å². The van der Waals surface area contributed by atoms with Gasteiger partial charge in [0.15, 0.2) is 11.4 Å². The number of benzene rings is 2. The highest BCUT2D eigenvalue weighted by molar-refractivity contribution is 7.19. The molecule has 3 N–H and O–H groups in total. The van der Waals surface area contributed by atoms with Gasteiger partial charge < -0.3 is 15.7 Å². The van der Waals surface area contributed by atoms with Crippen molar-refractivity contribution in [3.8, 4) is 16.3 Å². The Hall–Kier alpha value is -4.10. The van der Waals surface area contributed by atoms with Crippen LogP contribution in [0.3, 0.4) is 0 Å². The number of halogens is 6. The third-order valence-corrected chi connectivity index (χ3v) is 6.36. The van der Waals surface area contributed by atoms with Crippen LogP contribution in [0.25, 0.3) is 10.6 Å². The minimum atomic E-state index is -4.66. The van der Waals surface area contributed by atoms with Gasteiger partial charge in [0.1, 0.15) is 21.5 Å². The number of hydrogen-bond acceptors (Lipinski definition) is 6. The van der Waals surface area contributed by atoms with Crippen molar-refractivity contribution in [2.24, 2.45) is 0 Å². The van der Waals surface area contributed by atoms with Crippen LogP contribution in [0.5, 0.6) is 5.75 Å². The lowest BCUT2D eigenvalue weighted by molar-refractivity contribution is -0.138. The third kappa shape index (κ3) is 5.73. The van der Waals surface area contributed by atoms with Gasteiger partial charge in [-0.2, -0.15) is 17.6 Å². The Balaban J connectivity index is 1.67. The molecule has 2 aromatic heterocycles. The number of alkyl halides is 3. The smallest absolute Gasteiger partial charge is 0.416 e. The second-order valence-corrected chi connectivity index (χ2v) is 9.00. The molecule has 0 aliphatic heterocycles. The Morgan fingerprint density at radius 1 is 1.00 bits per heavy atom. The van der Waals surface area contributed by atoms with E-state index in [1.165, 1.54) is 36.4 Å². The summed E-state index contributed by atoms with van der Waals surface area (Å²) in [7, 11) is 0. The van der Waals surface area contributed by atoms with Gasteiger partial charge in [-0.25, -0.2) is 14.4 Å². The van der Waals surface area contributed by atoms with E-state index in [1.54, 1.807) is 0 Å². The van der Waals surface area contributed by atoms with Gasteiger partial charge in [0, 0.05) is 12.1 Å². The SMILES string of the molecule is O=C(Nc1sc(-c2ccccc2F)nc1C(=O)NCc1ccccc1C(F)(F)F)c1cc(Cl)c(O)c(F)n1. The van der Waals surface area contributed by atoms with Crippen LogP contribution < -0.4 is 10.6 Å². The molecular weight excluding hydrogens is 555 g/mol. The van der Waals surface area contributed by atoms with E-state index in [-0.39, 0.29) is 21.1 Å². The fraction of sp³-hybridized carbons (Fsp3) is 0.0833. The maximum absolute atomic E-state index is 14.4. The van der Waals surface area contributed by atoms with Crippen molar-refractivity contribution >= 4 is 39.8 Å². The standard InChI is InChI=1S/C24H14ClF5N4O3S/c25-14-9-16(32-19(27)18(14)35)20(36)34-23-17(33-22(38-23)12-6-2-4-8-15(12)26)21(37)31-10-11-5-1-3-7-13(11)24(28,29)30/h1-9,35H,10H2,(H,31,37)(H,34,36). The molecule has 196 valence electrons. The number of thiazole rings is 1. The lowest BCUT2D eigenvalue weighted by Gasteiger charge is -2.13. The van der Waals surface area contributed by atoms with Gasteiger partial charge in [0.2, 0.25) is 0 Å². The lowest BCUT2D eigenvalue weighted by Crippen LogP contribution is -2.26. The summed E-state index contributed by atoms with van der Waals surface area (Å²) in [5.41, 5.74) is -2.17. The van der Waals surface area contributed by atoms with Crippen molar-refractivity contribution in [2.45, 2.75) is 12.7 Å². The number of hydrogen-bond donors (Lipinski definition) is 3. The molecule has 0 radical (unpaired) electrons. The largest absolute Gasteiger partial charge is 0.503 e. The summed E-state index contributed by atoms with van der Waals surface area (Å²) in [6, 6.07) is 11.0. The first-order chi connectivity index (χ1) is 18.0. The molecule has 0 spiro atoms. The highest BCUT2D eigenvalue weighted by Crippen LogP contribution is 2.35. The van der Waals surface area contributed by atoms with E-state index in [0.29, 0.717) is 11.3 Å². The van der Waals surface area contributed by atoms with Gasteiger partial charge in [0.25, 0.3) is 17.8 Å². The normalized spacial score (nSPS) is 11.3. The summed E-state index contributed by atoms with van der Waals surface area (Å²) >= 11 is 6.38. The first kappa shape index (κ1) is 26.9. The summed E-state index contributed by atoms with van der Waals surface area (Å²) in [4.78, 5) is 33.1. The molecular formula is C24H14ClF5N4O3S. The molecule has 0 saturated carbocycles. The van der Waals surface area contributed by atoms with Crippen LogP contribution in [-0.2, 0) is 12.7 Å². The van der Waals surface area contributed by atoms with Crippen LogP contribution in [0, 0.1) is 11.8 Å². The topological polar surface area (TPSA) is 104 Å². The van der Waals surface area contributed by atoms with Crippen molar-refractivity contribution < 1.29 is 36.6 Å². The monoisotopic (exact) mass is 568 g/mol. The van der Waals surface area contributed by atoms with Crippen LogP contribution in [0.1, 0.15) is 32.1 Å². The molecule has 0 aliphatic carbocycles. The van der Waals surface area contributed by atoms with Crippen LogP contribution in [0.15, 0.2) is 54.6 Å². The first-order valence-corrected chi connectivity index (χ1v) is 11.7. The van der Waals surface area contributed by atoms with Gasteiger partial charge in [-0.15, -0.1) is 0 Å². The minimum absolute atomic E-state index is 0.00804. The second-order valence-electron chi connectivity index (χ2n) is 7.60. The molecule has 2 heterocycles. The van der Waals surface area contributed by atoms with E-state index in [2.05, 4.69) is 20.6 Å². The molecule has 0 aliphatic rings. The van der Waals surface area contributed by atoms with Crippen molar-refractivity contribution in [1.29, 1.82) is 0 Å². The summed E-state index contributed by atoms with van der Waals surface area (Å²) in [5, 5.41) is 13.3. The molecule has 0 fully saturated rings. The number of nitrogens with one attached hydrogen (secondary N) is 2. The van der Waals surface area contributed by atoms with Gasteiger partial charge in [0.05, 0.1) is 10.6 Å². The molecule has 38 heavy (non-hydrogen) atoms. The molecule has 4 rings (SSSR count). The van der Waals surface area contributed by atoms with Crippen molar-refractivity contribution in [1.82, 2.24) is 15.3 Å². The van der Waals surface area contributed by atoms with Crippen molar-refractivity contribution in [2.75, 3.05) is 5.32 Å². The predicted molar refractivity (Wildman–Crippen MR) is 129 cm³/mol. The Bertz CT molecular complexity index is 1520. The molecule has 7 nitrogen and oxygen atoms in total. The Morgan fingerprint density at radius 2 is 1.68 bits per heavy atom. The Morgan fingerprint density at radius 3 is 2.37 bits per heavy atom. The fourth-order valence-corrected chi connectivity index (χ4v) is 4.45. The number of anilines is 1. The van der Waals surface area contributed by atoms with Crippen LogP contribution in [-0.4, -0.2) is 26.9 Å². The van der Waals surface area contributed by atoms with E-state index in [9.17, 15) is 36.6 Å². The predicted octanol–water partition coefficient (Wildman–Crippen LogP) is 6.04. The Labute approximate surface area is 219 Å². The molecule has 0 saturated heterocycles. The highest BCUT2D eigenvalue weighted by atomic mass is 35.5. The number of aromatic hydroxyl groups is 1. The maximum Gasteiger partial charge on any atom is 0.416 e. The van der Waals surface area contributed by atoms with Gasteiger partial charge in [-0.05, 0) is 29.8 Å². The van der Waals surface area contributed by atoms with E-state index in [4.69, 9.17) is 11.6 Å². The van der Waals surface area contributed by atoms with Gasteiger partial charge in [-0.3, -0.25) is 9.59 Å². The zero-order chi connectivity index (χ0) is 27.6. The van der Waals surface area contributed by atoms with Crippen molar-refractivity contribution in [3.63, 3.8) is 0 Å². The molecule has 0 bridgehead atoms. The quantitative estimate of drug-likeness (QED) is 0.194. The highest BCUT2D eigenvalue weighted by Gasteiger charge is 2.33. The summed E-state index contributed by atoms with van der Waals surface area (Å²) in [6.45, 7) is -0.533. The number of nitrogens with zero attached hydrogens (tertiary/aromatic N) is 2. The number of rotatable bonds is 6. The van der Waals surface area contributed by atoms with E-state index in [0.717, 1.165) is 18.2 Å². The molecule has 0 atom stereocenters. The zero-order valence-corrected chi connectivity index (χ0v) is 20.3. The molecule has 2 aromatic carbocycles. The molecule has 2 amide bonds. The van der Waals surface area contributed by atoms with Gasteiger partial charge in [-0.1, -0.05) is 53.3 Å². The third-order valence-electron chi connectivity index (χ3n) is 5.07. The van der Waals surface area contributed by atoms with Crippen molar-refractivity contribution in [3.05, 3.63) is 93.9 Å². The second kappa shape index (κ2) is 10.7. The minimum Gasteiger partial charge on any atom is -0.503 e.